The zero-order valence-electron chi connectivity index (χ0n) is 9.20. The first kappa shape index (κ1) is 10.4. The van der Waals surface area contributed by atoms with E-state index < -0.39 is 0 Å². The molecule has 0 unspecified atom stereocenters. The third-order valence-electron chi connectivity index (χ3n) is 2.55. The SMILES string of the molecule is Oc1cc(-c2cn[nH]c2)ccc1-c1cn[c]nn1. The smallest absolute Gasteiger partial charge is 0.221 e. The number of nitrogens with one attached hydrogen (secondary N) is 1. The zero-order valence-corrected chi connectivity index (χ0v) is 9.20. The van der Waals surface area contributed by atoms with E-state index in [1.165, 1.54) is 6.20 Å². The fourth-order valence-electron chi connectivity index (χ4n) is 1.68. The van der Waals surface area contributed by atoms with E-state index in [1.807, 2.05) is 6.07 Å². The lowest BCUT2D eigenvalue weighted by Gasteiger charge is -2.04. The molecular formula is C12H8N5O. The van der Waals surface area contributed by atoms with Gasteiger partial charge in [-0.2, -0.15) is 5.10 Å². The van der Waals surface area contributed by atoms with Crippen molar-refractivity contribution in [1.82, 2.24) is 25.4 Å². The van der Waals surface area contributed by atoms with E-state index >= 15 is 0 Å². The summed E-state index contributed by atoms with van der Waals surface area (Å²) in [6.07, 6.45) is 7.30. The van der Waals surface area contributed by atoms with Crippen LogP contribution in [0.25, 0.3) is 22.4 Å². The largest absolute Gasteiger partial charge is 0.507 e. The molecule has 1 radical (unpaired) electrons. The molecule has 0 amide bonds. The summed E-state index contributed by atoms with van der Waals surface area (Å²) in [5.41, 5.74) is 2.86. The van der Waals surface area contributed by atoms with Gasteiger partial charge in [-0.1, -0.05) is 6.07 Å². The van der Waals surface area contributed by atoms with Crippen LogP contribution in [-0.4, -0.2) is 30.5 Å². The second kappa shape index (κ2) is 4.25. The number of phenolic OH excluding ortho intramolecular Hbond substituents is 1. The zero-order chi connectivity index (χ0) is 12.4. The molecule has 2 heterocycles. The van der Waals surface area contributed by atoms with Gasteiger partial charge in [0.25, 0.3) is 0 Å². The molecule has 3 rings (SSSR count). The van der Waals surface area contributed by atoms with Crippen molar-refractivity contribution >= 4 is 0 Å². The third-order valence-corrected chi connectivity index (χ3v) is 2.55. The summed E-state index contributed by atoms with van der Waals surface area (Å²) in [5.74, 6) is 0.121. The highest BCUT2D eigenvalue weighted by Gasteiger charge is 2.08. The predicted molar refractivity (Wildman–Crippen MR) is 63.3 cm³/mol. The van der Waals surface area contributed by atoms with Gasteiger partial charge >= 0.3 is 0 Å². The molecule has 0 saturated carbocycles. The Balaban J connectivity index is 2.05. The van der Waals surface area contributed by atoms with Crippen molar-refractivity contribution in [2.75, 3.05) is 0 Å². The van der Waals surface area contributed by atoms with Crippen molar-refractivity contribution in [3.05, 3.63) is 43.1 Å². The molecule has 1 aromatic carbocycles. The van der Waals surface area contributed by atoms with Crippen LogP contribution in [0.15, 0.2) is 36.8 Å². The average Bonchev–Trinajstić information content (AvgIpc) is 2.93. The first-order chi connectivity index (χ1) is 8.84. The number of aromatic amines is 1. The second-order valence-corrected chi connectivity index (χ2v) is 3.66. The van der Waals surface area contributed by atoms with Gasteiger partial charge in [0.05, 0.1) is 12.4 Å². The number of benzene rings is 1. The molecule has 18 heavy (non-hydrogen) atoms. The highest BCUT2D eigenvalue weighted by Crippen LogP contribution is 2.31. The van der Waals surface area contributed by atoms with Crippen LogP contribution in [-0.2, 0) is 0 Å². The van der Waals surface area contributed by atoms with Gasteiger partial charge in [0.15, 0.2) is 0 Å². The number of rotatable bonds is 2. The molecule has 0 saturated heterocycles. The van der Waals surface area contributed by atoms with Gasteiger partial charge in [0, 0.05) is 17.3 Å². The topological polar surface area (TPSA) is 87.6 Å². The summed E-state index contributed by atoms with van der Waals surface area (Å²) in [4.78, 5) is 3.75. The van der Waals surface area contributed by atoms with Crippen molar-refractivity contribution in [1.29, 1.82) is 0 Å². The molecule has 0 atom stereocenters. The molecule has 0 fully saturated rings. The van der Waals surface area contributed by atoms with Crippen LogP contribution in [0.4, 0.5) is 0 Å². The summed E-state index contributed by atoms with van der Waals surface area (Å²) in [7, 11) is 0. The van der Waals surface area contributed by atoms with E-state index in [9.17, 15) is 5.11 Å². The Hall–Kier alpha value is -2.76. The number of hydrogen-bond acceptors (Lipinski definition) is 5. The minimum Gasteiger partial charge on any atom is -0.507 e. The first-order valence-corrected chi connectivity index (χ1v) is 5.23. The Bertz CT molecular complexity index is 651. The molecule has 0 aliphatic carbocycles. The van der Waals surface area contributed by atoms with Gasteiger partial charge < -0.3 is 5.11 Å². The Kier molecular flexibility index (Phi) is 2.45. The van der Waals surface area contributed by atoms with Crippen molar-refractivity contribution in [2.24, 2.45) is 0 Å². The third kappa shape index (κ3) is 1.80. The van der Waals surface area contributed by atoms with E-state index in [-0.39, 0.29) is 5.75 Å². The minimum absolute atomic E-state index is 0.121. The lowest BCUT2D eigenvalue weighted by Crippen LogP contribution is -1.89. The number of H-pyrrole nitrogens is 1. The molecule has 2 N–H and O–H groups in total. The quantitative estimate of drug-likeness (QED) is 0.705. The summed E-state index contributed by atoms with van der Waals surface area (Å²) in [5, 5.41) is 24.0. The molecule has 2 aromatic heterocycles. The first-order valence-electron chi connectivity index (χ1n) is 5.23. The van der Waals surface area contributed by atoms with E-state index in [4.69, 9.17) is 0 Å². The van der Waals surface area contributed by atoms with Gasteiger partial charge in [-0.05, 0) is 17.7 Å². The highest BCUT2D eigenvalue weighted by atomic mass is 16.3. The predicted octanol–water partition coefficient (Wildman–Crippen LogP) is 1.43. The Labute approximate surface area is 102 Å². The van der Waals surface area contributed by atoms with Crippen LogP contribution < -0.4 is 0 Å². The van der Waals surface area contributed by atoms with Crippen LogP contribution in [0.3, 0.4) is 0 Å². The van der Waals surface area contributed by atoms with Crippen molar-refractivity contribution in [2.45, 2.75) is 0 Å². The minimum atomic E-state index is 0.121. The molecular weight excluding hydrogens is 230 g/mol. The van der Waals surface area contributed by atoms with Gasteiger partial charge in [-0.15, -0.1) is 10.2 Å². The maximum Gasteiger partial charge on any atom is 0.221 e. The summed E-state index contributed by atoms with van der Waals surface area (Å²) >= 11 is 0. The molecule has 87 valence electrons. The number of aromatic hydroxyl groups is 1. The van der Waals surface area contributed by atoms with Crippen LogP contribution in [0.1, 0.15) is 0 Å². The number of aromatic nitrogens is 5. The van der Waals surface area contributed by atoms with Crippen LogP contribution in [0.2, 0.25) is 0 Å². The molecule has 3 aromatic rings. The fourth-order valence-corrected chi connectivity index (χ4v) is 1.68. The Morgan fingerprint density at radius 3 is 2.78 bits per heavy atom. The lowest BCUT2D eigenvalue weighted by molar-refractivity contribution is 0.477. The number of nitrogens with zero attached hydrogens (tertiary/aromatic N) is 4. The summed E-state index contributed by atoms with van der Waals surface area (Å²) in [6.45, 7) is 0. The monoisotopic (exact) mass is 238 g/mol. The highest BCUT2D eigenvalue weighted by molar-refractivity contribution is 5.73. The fraction of sp³-hybridized carbons (Fsp3) is 0. The molecule has 6 heteroatoms. The van der Waals surface area contributed by atoms with Gasteiger partial charge in [-0.3, -0.25) is 5.10 Å². The standard InChI is InChI=1S/C12H8N5O/c18-12-3-8(9-4-14-15-5-9)1-2-10(12)11-6-13-7-16-17-11/h1-6,18H,(H,14,15). The average molecular weight is 238 g/mol. The lowest BCUT2D eigenvalue weighted by atomic mass is 10.0. The van der Waals surface area contributed by atoms with E-state index in [0.717, 1.165) is 11.1 Å². The maximum atomic E-state index is 10.0. The molecule has 6 nitrogen and oxygen atoms in total. The van der Waals surface area contributed by atoms with Crippen LogP contribution in [0.5, 0.6) is 5.75 Å². The van der Waals surface area contributed by atoms with Crippen LogP contribution >= 0.6 is 0 Å². The summed E-state index contributed by atoms with van der Waals surface area (Å²) in [6, 6.07) is 5.29. The van der Waals surface area contributed by atoms with Gasteiger partial charge in [0.1, 0.15) is 11.4 Å². The molecule has 0 bridgehead atoms. The Morgan fingerprint density at radius 2 is 2.11 bits per heavy atom. The van der Waals surface area contributed by atoms with Crippen molar-refractivity contribution in [3.8, 4) is 28.1 Å². The number of hydrogen-bond donors (Lipinski definition) is 2. The van der Waals surface area contributed by atoms with E-state index in [1.54, 1.807) is 24.5 Å². The normalized spacial score (nSPS) is 10.4. The van der Waals surface area contributed by atoms with Crippen molar-refractivity contribution < 1.29 is 5.11 Å². The van der Waals surface area contributed by atoms with E-state index in [0.29, 0.717) is 11.3 Å². The van der Waals surface area contributed by atoms with Crippen LogP contribution in [0, 0.1) is 6.33 Å². The molecule has 0 aliphatic heterocycles. The second-order valence-electron chi connectivity index (χ2n) is 3.66. The van der Waals surface area contributed by atoms with Gasteiger partial charge in [-0.25, -0.2) is 4.98 Å². The molecule has 0 spiro atoms. The number of phenols is 1. The maximum absolute atomic E-state index is 10.0. The van der Waals surface area contributed by atoms with E-state index in [2.05, 4.69) is 31.7 Å². The van der Waals surface area contributed by atoms with Crippen molar-refractivity contribution in [3.63, 3.8) is 0 Å². The van der Waals surface area contributed by atoms with Gasteiger partial charge in [0.2, 0.25) is 6.33 Å². The summed E-state index contributed by atoms with van der Waals surface area (Å²) < 4.78 is 0. The Morgan fingerprint density at radius 1 is 1.17 bits per heavy atom. The molecule has 0 aliphatic rings.